The van der Waals surface area contributed by atoms with Gasteiger partial charge in [0.15, 0.2) is 5.75 Å². The number of rotatable bonds is 6. The van der Waals surface area contributed by atoms with E-state index in [4.69, 9.17) is 4.74 Å². The zero-order chi connectivity index (χ0) is 14.5. The highest BCUT2D eigenvalue weighted by atomic mass is 79.9. The van der Waals surface area contributed by atoms with Gasteiger partial charge in [0, 0.05) is 11.5 Å². The van der Waals surface area contributed by atoms with Gasteiger partial charge in [-0.25, -0.2) is 0 Å². The monoisotopic (exact) mass is 337 g/mol. The van der Waals surface area contributed by atoms with Crippen molar-refractivity contribution in [2.45, 2.75) is 19.4 Å². The summed E-state index contributed by atoms with van der Waals surface area (Å²) >= 11 is 3.52. The van der Waals surface area contributed by atoms with Crippen LogP contribution in [-0.2, 0) is 13.5 Å². The van der Waals surface area contributed by atoms with E-state index in [1.54, 1.807) is 13.3 Å². The van der Waals surface area contributed by atoms with Gasteiger partial charge in [0.25, 0.3) is 0 Å². The van der Waals surface area contributed by atoms with Crippen molar-refractivity contribution in [3.05, 3.63) is 46.2 Å². The zero-order valence-electron chi connectivity index (χ0n) is 12.1. The van der Waals surface area contributed by atoms with Crippen molar-refractivity contribution in [2.75, 3.05) is 13.7 Å². The van der Waals surface area contributed by atoms with Crippen LogP contribution >= 0.6 is 15.9 Å². The zero-order valence-corrected chi connectivity index (χ0v) is 13.6. The van der Waals surface area contributed by atoms with Crippen molar-refractivity contribution in [1.29, 1.82) is 0 Å². The van der Waals surface area contributed by atoms with Crippen LogP contribution in [0.5, 0.6) is 5.75 Å². The first-order valence-corrected chi connectivity index (χ1v) is 7.48. The summed E-state index contributed by atoms with van der Waals surface area (Å²) in [6.07, 6.45) is 2.66. The molecule has 0 fully saturated rings. The summed E-state index contributed by atoms with van der Waals surface area (Å²) in [6, 6.07) is 8.56. The number of halogens is 1. The van der Waals surface area contributed by atoms with E-state index in [2.05, 4.69) is 51.5 Å². The summed E-state index contributed by atoms with van der Waals surface area (Å²) in [4.78, 5) is 0. The minimum atomic E-state index is 0.178. The summed E-state index contributed by atoms with van der Waals surface area (Å²) in [5.74, 6) is 0.827. The van der Waals surface area contributed by atoms with Crippen LogP contribution in [0.1, 0.15) is 24.2 Å². The molecule has 0 saturated heterocycles. The van der Waals surface area contributed by atoms with Crippen LogP contribution in [-0.4, -0.2) is 23.4 Å². The Bertz CT molecular complexity index is 568. The maximum absolute atomic E-state index is 5.42. The highest BCUT2D eigenvalue weighted by Crippen LogP contribution is 2.27. The molecule has 1 unspecified atom stereocenters. The number of nitrogens with one attached hydrogen (secondary N) is 1. The second kappa shape index (κ2) is 6.90. The molecule has 0 radical (unpaired) electrons. The maximum atomic E-state index is 5.42. The van der Waals surface area contributed by atoms with Gasteiger partial charge in [0.05, 0.1) is 25.0 Å². The minimum Gasteiger partial charge on any atom is -0.493 e. The van der Waals surface area contributed by atoms with Gasteiger partial charge in [0.1, 0.15) is 0 Å². The number of aryl methyl sites for hydroxylation is 1. The van der Waals surface area contributed by atoms with Crippen LogP contribution in [0, 0.1) is 0 Å². The number of likely N-dealkylation sites (N-methyl/N-ethyl adjacent to an activating group) is 1. The molecule has 5 heteroatoms. The highest BCUT2D eigenvalue weighted by Gasteiger charge is 2.20. The Morgan fingerprint density at radius 3 is 2.90 bits per heavy atom. The number of hydrogen-bond donors (Lipinski definition) is 1. The molecule has 0 aliphatic carbocycles. The van der Waals surface area contributed by atoms with Crippen LogP contribution in [0.15, 0.2) is 34.9 Å². The molecule has 0 spiro atoms. The Balaban J connectivity index is 2.29. The molecule has 1 atom stereocenters. The Hall–Kier alpha value is -1.33. The predicted octanol–water partition coefficient (Wildman–Crippen LogP) is 3.08. The number of aromatic nitrogens is 2. The van der Waals surface area contributed by atoms with Gasteiger partial charge in [0.2, 0.25) is 0 Å². The van der Waals surface area contributed by atoms with Crippen LogP contribution < -0.4 is 10.1 Å². The van der Waals surface area contributed by atoms with Crippen molar-refractivity contribution in [3.8, 4) is 5.75 Å². The first-order chi connectivity index (χ1) is 9.65. The van der Waals surface area contributed by atoms with Gasteiger partial charge in [-0.2, -0.15) is 5.10 Å². The van der Waals surface area contributed by atoms with Gasteiger partial charge >= 0.3 is 0 Å². The standard InChI is InChI=1S/C15H20BrN3O/c1-4-17-13(9-11-6-5-7-12(16)8-11)15-14(20-3)10-18-19(15)2/h5-8,10,13,17H,4,9H2,1-3H3. The van der Waals surface area contributed by atoms with E-state index in [1.165, 1.54) is 5.56 Å². The molecule has 0 amide bonds. The lowest BCUT2D eigenvalue weighted by molar-refractivity contribution is 0.394. The summed E-state index contributed by atoms with van der Waals surface area (Å²) in [5.41, 5.74) is 2.35. The minimum absolute atomic E-state index is 0.178. The van der Waals surface area contributed by atoms with E-state index in [0.717, 1.165) is 28.9 Å². The average Bonchev–Trinajstić information content (AvgIpc) is 2.79. The molecular weight excluding hydrogens is 318 g/mol. The number of ether oxygens (including phenoxy) is 1. The molecule has 0 bridgehead atoms. The molecule has 1 aromatic heterocycles. The molecule has 4 nitrogen and oxygen atoms in total. The molecule has 1 heterocycles. The summed E-state index contributed by atoms with van der Waals surface area (Å²) in [5, 5.41) is 7.80. The molecular formula is C15H20BrN3O. The fourth-order valence-electron chi connectivity index (χ4n) is 2.39. The molecule has 108 valence electrons. The van der Waals surface area contributed by atoms with Crippen LogP contribution in [0.25, 0.3) is 0 Å². The van der Waals surface area contributed by atoms with Crippen molar-refractivity contribution >= 4 is 15.9 Å². The lowest BCUT2D eigenvalue weighted by atomic mass is 10.0. The molecule has 2 aromatic rings. The Kier molecular flexibility index (Phi) is 5.20. The molecule has 1 N–H and O–H groups in total. The quantitative estimate of drug-likeness (QED) is 0.880. The molecule has 1 aromatic carbocycles. The van der Waals surface area contributed by atoms with Crippen molar-refractivity contribution < 1.29 is 4.74 Å². The summed E-state index contributed by atoms with van der Waals surface area (Å²) in [7, 11) is 3.63. The van der Waals surface area contributed by atoms with Gasteiger partial charge in [-0.05, 0) is 30.7 Å². The summed E-state index contributed by atoms with van der Waals surface area (Å²) < 4.78 is 8.40. The third kappa shape index (κ3) is 3.41. The van der Waals surface area contributed by atoms with Crippen molar-refractivity contribution in [2.24, 2.45) is 7.05 Å². The van der Waals surface area contributed by atoms with E-state index in [-0.39, 0.29) is 6.04 Å². The van der Waals surface area contributed by atoms with Gasteiger partial charge in [-0.3, -0.25) is 4.68 Å². The fraction of sp³-hybridized carbons (Fsp3) is 0.400. The van der Waals surface area contributed by atoms with Crippen LogP contribution in [0.2, 0.25) is 0 Å². The largest absolute Gasteiger partial charge is 0.493 e. The van der Waals surface area contributed by atoms with Crippen molar-refractivity contribution in [3.63, 3.8) is 0 Å². The smallest absolute Gasteiger partial charge is 0.161 e. The number of methoxy groups -OCH3 is 1. The lowest BCUT2D eigenvalue weighted by Crippen LogP contribution is -2.25. The molecule has 0 aliphatic heterocycles. The van der Waals surface area contributed by atoms with Crippen LogP contribution in [0.3, 0.4) is 0 Å². The number of nitrogens with zero attached hydrogens (tertiary/aromatic N) is 2. The average molecular weight is 338 g/mol. The van der Waals surface area contributed by atoms with E-state index in [9.17, 15) is 0 Å². The lowest BCUT2D eigenvalue weighted by Gasteiger charge is -2.19. The van der Waals surface area contributed by atoms with E-state index >= 15 is 0 Å². The fourth-order valence-corrected chi connectivity index (χ4v) is 2.84. The van der Waals surface area contributed by atoms with E-state index < -0.39 is 0 Å². The SMILES string of the molecule is CCNC(Cc1cccc(Br)c1)c1c(OC)cnn1C. The molecule has 0 saturated carbocycles. The Morgan fingerprint density at radius 1 is 1.45 bits per heavy atom. The van der Waals surface area contributed by atoms with E-state index in [1.807, 2.05) is 17.8 Å². The molecule has 0 aliphatic rings. The van der Waals surface area contributed by atoms with Gasteiger partial charge in [-0.15, -0.1) is 0 Å². The molecule has 2 rings (SSSR count). The normalized spacial score (nSPS) is 12.4. The van der Waals surface area contributed by atoms with Gasteiger partial charge < -0.3 is 10.1 Å². The van der Waals surface area contributed by atoms with Crippen molar-refractivity contribution in [1.82, 2.24) is 15.1 Å². The maximum Gasteiger partial charge on any atom is 0.161 e. The highest BCUT2D eigenvalue weighted by molar-refractivity contribution is 9.10. The predicted molar refractivity (Wildman–Crippen MR) is 84.0 cm³/mol. The Labute approximate surface area is 128 Å². The topological polar surface area (TPSA) is 39.1 Å². The first-order valence-electron chi connectivity index (χ1n) is 6.69. The third-order valence-electron chi connectivity index (χ3n) is 3.28. The van der Waals surface area contributed by atoms with Crippen LogP contribution in [0.4, 0.5) is 0 Å². The van der Waals surface area contributed by atoms with E-state index in [0.29, 0.717) is 0 Å². The number of benzene rings is 1. The Morgan fingerprint density at radius 2 is 2.25 bits per heavy atom. The summed E-state index contributed by atoms with van der Waals surface area (Å²) in [6.45, 7) is 3.00. The molecule has 20 heavy (non-hydrogen) atoms. The second-order valence-corrected chi connectivity index (χ2v) is 5.58. The van der Waals surface area contributed by atoms with Gasteiger partial charge in [-0.1, -0.05) is 35.0 Å². The second-order valence-electron chi connectivity index (χ2n) is 4.67. The third-order valence-corrected chi connectivity index (χ3v) is 3.77. The number of hydrogen-bond acceptors (Lipinski definition) is 3. The first kappa shape index (κ1) is 15.1.